The molecule has 0 saturated carbocycles. The molecule has 7 nitrogen and oxygen atoms in total. The van der Waals surface area contributed by atoms with Gasteiger partial charge in [0.05, 0.1) is 0 Å². The van der Waals surface area contributed by atoms with Crippen molar-refractivity contribution in [2.24, 2.45) is 0 Å². The van der Waals surface area contributed by atoms with Gasteiger partial charge in [0.2, 0.25) is 0 Å². The maximum absolute atomic E-state index is 13.2. The normalized spacial score (nSPS) is 19.4. The SMILES string of the molecule is CN(C)CCn1ccnc1C1CCCN(C(=O)c2cc3c([nH]c2=O)CCCC3)C1. The van der Waals surface area contributed by atoms with Crippen molar-refractivity contribution in [3.05, 3.63) is 51.5 Å². The zero-order valence-corrected chi connectivity index (χ0v) is 17.5. The van der Waals surface area contributed by atoms with Gasteiger partial charge in [0, 0.05) is 50.2 Å². The molecule has 1 atom stereocenters. The molecule has 2 aromatic heterocycles. The molecule has 1 aliphatic carbocycles. The number of imidazole rings is 1. The van der Waals surface area contributed by atoms with Gasteiger partial charge >= 0.3 is 0 Å². The standard InChI is InChI=1S/C22H31N5O2/c1-25(2)12-13-26-11-9-23-20(26)17-7-5-10-27(15-17)22(29)18-14-16-6-3-4-8-19(16)24-21(18)28/h9,11,14,17H,3-8,10,12-13,15H2,1-2H3,(H,24,28). The van der Waals surface area contributed by atoms with Crippen LogP contribution in [0, 0.1) is 0 Å². The summed E-state index contributed by atoms with van der Waals surface area (Å²) in [5.74, 6) is 1.11. The molecule has 0 radical (unpaired) electrons. The van der Waals surface area contributed by atoms with Gasteiger partial charge in [0.1, 0.15) is 11.4 Å². The maximum atomic E-state index is 13.2. The molecule has 2 aromatic rings. The Kier molecular flexibility index (Phi) is 5.85. The van der Waals surface area contributed by atoms with Crippen molar-refractivity contribution in [1.29, 1.82) is 0 Å². The fourth-order valence-corrected chi connectivity index (χ4v) is 4.55. The Hall–Kier alpha value is -2.41. The topological polar surface area (TPSA) is 74.2 Å². The van der Waals surface area contributed by atoms with E-state index in [0.29, 0.717) is 18.7 Å². The highest BCUT2D eigenvalue weighted by Crippen LogP contribution is 2.27. The van der Waals surface area contributed by atoms with Crippen molar-refractivity contribution in [2.75, 3.05) is 33.7 Å². The van der Waals surface area contributed by atoms with Crippen molar-refractivity contribution in [3.8, 4) is 0 Å². The monoisotopic (exact) mass is 397 g/mol. The van der Waals surface area contributed by atoms with Gasteiger partial charge in [-0.2, -0.15) is 0 Å². The first kappa shape index (κ1) is 19.9. The van der Waals surface area contributed by atoms with E-state index in [-0.39, 0.29) is 17.4 Å². The molecule has 7 heteroatoms. The lowest BCUT2D eigenvalue weighted by atomic mass is 9.94. The number of aryl methyl sites for hydroxylation is 2. The predicted octanol–water partition coefficient (Wildman–Crippen LogP) is 2.03. The van der Waals surface area contributed by atoms with E-state index in [1.54, 1.807) is 0 Å². The van der Waals surface area contributed by atoms with Gasteiger partial charge in [-0.15, -0.1) is 0 Å². The van der Waals surface area contributed by atoms with Crippen molar-refractivity contribution < 1.29 is 4.79 Å². The van der Waals surface area contributed by atoms with Gasteiger partial charge in [-0.05, 0) is 64.3 Å². The van der Waals surface area contributed by atoms with Crippen LogP contribution in [0.4, 0.5) is 0 Å². The van der Waals surface area contributed by atoms with Crippen molar-refractivity contribution in [1.82, 2.24) is 24.3 Å². The minimum atomic E-state index is -0.245. The van der Waals surface area contributed by atoms with Crippen LogP contribution >= 0.6 is 0 Å². The number of amides is 1. The molecule has 1 saturated heterocycles. The summed E-state index contributed by atoms with van der Waals surface area (Å²) in [7, 11) is 4.13. The maximum Gasteiger partial charge on any atom is 0.261 e. The number of H-pyrrole nitrogens is 1. The van der Waals surface area contributed by atoms with E-state index in [4.69, 9.17) is 0 Å². The predicted molar refractivity (Wildman–Crippen MR) is 112 cm³/mol. The Bertz CT molecular complexity index is 930. The zero-order chi connectivity index (χ0) is 20.4. The number of aromatic amines is 1. The molecule has 1 amide bonds. The molecule has 1 aliphatic heterocycles. The minimum Gasteiger partial charge on any atom is -0.338 e. The summed E-state index contributed by atoms with van der Waals surface area (Å²) in [5, 5.41) is 0. The fraction of sp³-hybridized carbons (Fsp3) is 0.591. The van der Waals surface area contributed by atoms with E-state index in [1.807, 2.05) is 23.4 Å². The highest BCUT2D eigenvalue weighted by molar-refractivity contribution is 5.94. The first-order chi connectivity index (χ1) is 14.0. The van der Waals surface area contributed by atoms with Crippen LogP contribution in [-0.4, -0.2) is 64.0 Å². The number of piperidine rings is 1. The fourth-order valence-electron chi connectivity index (χ4n) is 4.55. The third-order valence-corrected chi connectivity index (χ3v) is 6.18. The number of rotatable bonds is 5. The van der Waals surface area contributed by atoms with Gasteiger partial charge in [-0.1, -0.05) is 0 Å². The molecule has 2 aliphatic rings. The summed E-state index contributed by atoms with van der Waals surface area (Å²) in [5.41, 5.74) is 2.19. The number of hydrogen-bond acceptors (Lipinski definition) is 4. The number of carbonyl (C=O) groups excluding carboxylic acids is 1. The van der Waals surface area contributed by atoms with E-state index < -0.39 is 0 Å². The van der Waals surface area contributed by atoms with Crippen LogP contribution in [0.3, 0.4) is 0 Å². The highest BCUT2D eigenvalue weighted by atomic mass is 16.2. The molecule has 29 heavy (non-hydrogen) atoms. The average Bonchev–Trinajstić information content (AvgIpc) is 3.20. The second-order valence-electron chi connectivity index (χ2n) is 8.60. The summed E-state index contributed by atoms with van der Waals surface area (Å²) in [6.45, 7) is 3.15. The number of pyridine rings is 1. The van der Waals surface area contributed by atoms with Crippen LogP contribution in [-0.2, 0) is 19.4 Å². The van der Waals surface area contributed by atoms with Crippen LogP contribution in [0.5, 0.6) is 0 Å². The molecule has 0 bridgehead atoms. The Morgan fingerprint density at radius 3 is 2.93 bits per heavy atom. The first-order valence-electron chi connectivity index (χ1n) is 10.7. The highest BCUT2D eigenvalue weighted by Gasteiger charge is 2.29. The molecule has 1 N–H and O–H groups in total. The molecule has 4 rings (SSSR count). The molecule has 3 heterocycles. The molecule has 0 spiro atoms. The number of nitrogens with zero attached hydrogens (tertiary/aromatic N) is 4. The molecular formula is C22H31N5O2. The lowest BCUT2D eigenvalue weighted by Crippen LogP contribution is -2.42. The van der Waals surface area contributed by atoms with Gasteiger partial charge in [0.25, 0.3) is 11.5 Å². The smallest absolute Gasteiger partial charge is 0.261 e. The molecule has 1 fully saturated rings. The van der Waals surface area contributed by atoms with Crippen molar-refractivity contribution >= 4 is 5.91 Å². The number of carbonyl (C=O) groups is 1. The Labute approximate surface area is 171 Å². The van der Waals surface area contributed by atoms with Crippen LogP contribution in [0.1, 0.15) is 59.0 Å². The number of fused-ring (bicyclic) bond motifs is 1. The van der Waals surface area contributed by atoms with Crippen molar-refractivity contribution in [2.45, 2.75) is 51.0 Å². The lowest BCUT2D eigenvalue weighted by Gasteiger charge is -2.33. The van der Waals surface area contributed by atoms with Crippen LogP contribution in [0.15, 0.2) is 23.3 Å². The molecule has 1 unspecified atom stereocenters. The Morgan fingerprint density at radius 2 is 2.10 bits per heavy atom. The van der Waals surface area contributed by atoms with Gasteiger partial charge in [-0.25, -0.2) is 4.98 Å². The summed E-state index contributed by atoms with van der Waals surface area (Å²) in [4.78, 5) is 37.3. The number of hydrogen-bond donors (Lipinski definition) is 1. The molecule has 0 aromatic carbocycles. The molecule has 156 valence electrons. The van der Waals surface area contributed by atoms with Crippen LogP contribution in [0.25, 0.3) is 0 Å². The first-order valence-corrected chi connectivity index (χ1v) is 10.7. The second-order valence-corrected chi connectivity index (χ2v) is 8.60. The van der Waals surface area contributed by atoms with Gasteiger partial charge in [-0.3, -0.25) is 9.59 Å². The van der Waals surface area contributed by atoms with Crippen LogP contribution < -0.4 is 5.56 Å². The third kappa shape index (κ3) is 4.29. The Morgan fingerprint density at radius 1 is 1.28 bits per heavy atom. The number of likely N-dealkylation sites (N-methyl/N-ethyl adjacent to an activating group) is 1. The Balaban J connectivity index is 1.51. The summed E-state index contributed by atoms with van der Waals surface area (Å²) >= 11 is 0. The lowest BCUT2D eigenvalue weighted by molar-refractivity contribution is 0.0701. The van der Waals surface area contributed by atoms with E-state index in [0.717, 1.165) is 68.7 Å². The molecular weight excluding hydrogens is 366 g/mol. The van der Waals surface area contributed by atoms with Crippen molar-refractivity contribution in [3.63, 3.8) is 0 Å². The van der Waals surface area contributed by atoms with E-state index >= 15 is 0 Å². The summed E-state index contributed by atoms with van der Waals surface area (Å²) in [6, 6.07) is 1.84. The van der Waals surface area contributed by atoms with E-state index in [9.17, 15) is 9.59 Å². The van der Waals surface area contributed by atoms with E-state index in [2.05, 4.69) is 33.5 Å². The number of likely N-dealkylation sites (tertiary alicyclic amines) is 1. The minimum absolute atomic E-state index is 0.143. The number of nitrogens with one attached hydrogen (secondary N) is 1. The second kappa shape index (κ2) is 8.53. The largest absolute Gasteiger partial charge is 0.338 e. The van der Waals surface area contributed by atoms with Crippen LogP contribution in [0.2, 0.25) is 0 Å². The zero-order valence-electron chi connectivity index (χ0n) is 17.5. The summed E-state index contributed by atoms with van der Waals surface area (Å²) < 4.78 is 2.20. The number of aromatic nitrogens is 3. The average molecular weight is 398 g/mol. The third-order valence-electron chi connectivity index (χ3n) is 6.18. The quantitative estimate of drug-likeness (QED) is 0.838. The van der Waals surface area contributed by atoms with Gasteiger partial charge < -0.3 is 19.4 Å². The van der Waals surface area contributed by atoms with Gasteiger partial charge in [0.15, 0.2) is 0 Å². The van der Waals surface area contributed by atoms with E-state index in [1.165, 1.54) is 0 Å². The summed E-state index contributed by atoms with van der Waals surface area (Å²) in [6.07, 6.45) is 9.88.